The van der Waals surface area contributed by atoms with Gasteiger partial charge in [-0.2, -0.15) is 13.2 Å². The van der Waals surface area contributed by atoms with Crippen molar-refractivity contribution in [3.63, 3.8) is 0 Å². The number of urea groups is 1. The van der Waals surface area contributed by atoms with Crippen molar-refractivity contribution in [3.8, 4) is 22.5 Å². The average Bonchev–Trinajstić information content (AvgIpc) is 3.22. The van der Waals surface area contributed by atoms with Crippen molar-refractivity contribution in [3.05, 3.63) is 72.7 Å². The molecule has 4 rings (SSSR count). The summed E-state index contributed by atoms with van der Waals surface area (Å²) in [5, 5.41) is 11.1. The van der Waals surface area contributed by atoms with E-state index in [4.69, 9.17) is 9.90 Å². The van der Waals surface area contributed by atoms with Gasteiger partial charge in [0.1, 0.15) is 12.2 Å². The van der Waals surface area contributed by atoms with Gasteiger partial charge in [-0.25, -0.2) is 9.78 Å². The van der Waals surface area contributed by atoms with Crippen LogP contribution in [0, 0.1) is 6.92 Å². The van der Waals surface area contributed by atoms with Gasteiger partial charge in [0.25, 0.3) is 6.47 Å². The Morgan fingerprint density at radius 3 is 2.53 bits per heavy atom. The molecule has 0 aliphatic carbocycles. The van der Waals surface area contributed by atoms with Gasteiger partial charge in [-0.05, 0) is 42.8 Å². The number of alkyl halides is 3. The fraction of sp³-hybridized carbons (Fsp3) is 0.130. The number of aromatic nitrogens is 3. The minimum absolute atomic E-state index is 0.250. The van der Waals surface area contributed by atoms with Crippen LogP contribution >= 0.6 is 0 Å². The van der Waals surface area contributed by atoms with Gasteiger partial charge in [-0.15, -0.1) is 0 Å². The number of anilines is 1. The lowest BCUT2D eigenvalue weighted by molar-refractivity contribution is -0.123. The van der Waals surface area contributed by atoms with E-state index in [0.717, 1.165) is 33.7 Å². The smallest absolute Gasteiger partial charge is 0.405 e. The molecule has 0 unspecified atom stereocenters. The standard InChI is InChI=1S/C22H18F3N5O.CH2O2/c1-14-5-6-18(26-11-14)15-7-8-30-19(12-27-20(30)10-15)16-3-2-4-17(9-16)29-21(31)28-13-22(23,24)25;2-1-3/h2-12H,13H2,1H3,(H2,28,29,31);1H,(H,2,3). The maximum atomic E-state index is 12.3. The first-order valence-corrected chi connectivity index (χ1v) is 9.90. The fourth-order valence-corrected chi connectivity index (χ4v) is 3.10. The molecular weight excluding hydrogens is 451 g/mol. The number of hydrogen-bond acceptors (Lipinski definition) is 4. The molecule has 0 aliphatic rings. The van der Waals surface area contributed by atoms with Crippen molar-refractivity contribution in [2.24, 2.45) is 0 Å². The monoisotopic (exact) mass is 471 g/mol. The number of imidazole rings is 1. The van der Waals surface area contributed by atoms with E-state index in [1.54, 1.807) is 35.9 Å². The zero-order valence-electron chi connectivity index (χ0n) is 17.9. The zero-order chi connectivity index (χ0) is 24.7. The number of carbonyl (C=O) groups is 2. The molecular formula is C23H20F3N5O3. The average molecular weight is 471 g/mol. The molecule has 8 nitrogen and oxygen atoms in total. The molecule has 0 spiro atoms. The van der Waals surface area contributed by atoms with Crippen LogP contribution < -0.4 is 10.6 Å². The van der Waals surface area contributed by atoms with Crippen LogP contribution in [-0.2, 0) is 4.79 Å². The van der Waals surface area contributed by atoms with E-state index < -0.39 is 18.8 Å². The van der Waals surface area contributed by atoms with Gasteiger partial charge in [0.15, 0.2) is 0 Å². The molecule has 176 valence electrons. The summed E-state index contributed by atoms with van der Waals surface area (Å²) in [6, 6.07) is 13.7. The van der Waals surface area contributed by atoms with Crippen LogP contribution in [0.2, 0.25) is 0 Å². The number of halogens is 3. The Kier molecular flexibility index (Phi) is 7.46. The Balaban J connectivity index is 0.00000103. The number of carbonyl (C=O) groups excluding carboxylic acids is 1. The van der Waals surface area contributed by atoms with Gasteiger partial charge in [0, 0.05) is 29.2 Å². The van der Waals surface area contributed by atoms with Crippen LogP contribution in [0.1, 0.15) is 5.56 Å². The fourth-order valence-electron chi connectivity index (χ4n) is 3.10. The number of nitrogens with one attached hydrogen (secondary N) is 2. The topological polar surface area (TPSA) is 109 Å². The van der Waals surface area contributed by atoms with Gasteiger partial charge in [0.2, 0.25) is 0 Å². The molecule has 3 heterocycles. The largest absolute Gasteiger partial charge is 0.483 e. The summed E-state index contributed by atoms with van der Waals surface area (Å²) < 4.78 is 38.6. The number of carboxylic acid groups (broad SMARTS) is 1. The number of pyridine rings is 2. The predicted molar refractivity (Wildman–Crippen MR) is 120 cm³/mol. The van der Waals surface area contributed by atoms with Crippen LogP contribution in [0.3, 0.4) is 0 Å². The quantitative estimate of drug-likeness (QED) is 0.372. The number of amides is 2. The van der Waals surface area contributed by atoms with E-state index in [0.29, 0.717) is 5.69 Å². The number of rotatable bonds is 4. The van der Waals surface area contributed by atoms with E-state index in [1.807, 2.05) is 47.9 Å². The van der Waals surface area contributed by atoms with Gasteiger partial charge in [-0.3, -0.25) is 14.2 Å². The third-order valence-corrected chi connectivity index (χ3v) is 4.59. The first kappa shape index (κ1) is 24.2. The lowest BCUT2D eigenvalue weighted by Crippen LogP contribution is -2.36. The molecule has 0 atom stereocenters. The summed E-state index contributed by atoms with van der Waals surface area (Å²) in [4.78, 5) is 29.0. The lowest BCUT2D eigenvalue weighted by atomic mass is 10.1. The van der Waals surface area contributed by atoms with Crippen LogP contribution in [0.25, 0.3) is 28.2 Å². The maximum Gasteiger partial charge on any atom is 0.405 e. The van der Waals surface area contributed by atoms with Crippen molar-refractivity contribution in [1.29, 1.82) is 0 Å². The first-order chi connectivity index (χ1) is 16.2. The Hall–Kier alpha value is -4.41. The van der Waals surface area contributed by atoms with Gasteiger partial charge in [-0.1, -0.05) is 18.2 Å². The van der Waals surface area contributed by atoms with Gasteiger partial charge >= 0.3 is 12.2 Å². The molecule has 0 saturated heterocycles. The number of benzene rings is 1. The highest BCUT2D eigenvalue weighted by atomic mass is 19.4. The molecule has 2 amide bonds. The number of fused-ring (bicyclic) bond motifs is 1. The molecule has 0 saturated carbocycles. The van der Waals surface area contributed by atoms with Crippen LogP contribution in [0.4, 0.5) is 23.7 Å². The summed E-state index contributed by atoms with van der Waals surface area (Å²) in [5.74, 6) is 0. The summed E-state index contributed by atoms with van der Waals surface area (Å²) >= 11 is 0. The third-order valence-electron chi connectivity index (χ3n) is 4.59. The second-order valence-electron chi connectivity index (χ2n) is 7.12. The second-order valence-corrected chi connectivity index (χ2v) is 7.12. The van der Waals surface area contributed by atoms with E-state index in [2.05, 4.69) is 15.3 Å². The molecule has 34 heavy (non-hydrogen) atoms. The first-order valence-electron chi connectivity index (χ1n) is 9.90. The van der Waals surface area contributed by atoms with E-state index in [1.165, 1.54) is 0 Å². The summed E-state index contributed by atoms with van der Waals surface area (Å²) in [6.45, 7) is 0.327. The molecule has 0 radical (unpaired) electrons. The highest BCUT2D eigenvalue weighted by molar-refractivity contribution is 5.90. The second kappa shape index (κ2) is 10.5. The van der Waals surface area contributed by atoms with Crippen molar-refractivity contribution in [1.82, 2.24) is 19.7 Å². The van der Waals surface area contributed by atoms with Crippen molar-refractivity contribution in [2.45, 2.75) is 13.1 Å². The molecule has 3 aromatic heterocycles. The molecule has 11 heteroatoms. The molecule has 0 aliphatic heterocycles. The van der Waals surface area contributed by atoms with Crippen LogP contribution in [0.5, 0.6) is 0 Å². The van der Waals surface area contributed by atoms with E-state index in [9.17, 15) is 18.0 Å². The highest BCUT2D eigenvalue weighted by Crippen LogP contribution is 2.26. The van der Waals surface area contributed by atoms with E-state index in [-0.39, 0.29) is 6.47 Å². The number of aryl methyl sites for hydroxylation is 1. The summed E-state index contributed by atoms with van der Waals surface area (Å²) in [6.07, 6.45) is 0.914. The minimum Gasteiger partial charge on any atom is -0.483 e. The number of nitrogens with zero attached hydrogens (tertiary/aromatic N) is 3. The highest BCUT2D eigenvalue weighted by Gasteiger charge is 2.27. The Labute approximate surface area is 192 Å². The van der Waals surface area contributed by atoms with Crippen molar-refractivity contribution in [2.75, 3.05) is 11.9 Å². The maximum absolute atomic E-state index is 12.3. The lowest BCUT2D eigenvalue weighted by Gasteiger charge is -2.11. The molecule has 0 bridgehead atoms. The Morgan fingerprint density at radius 1 is 1.09 bits per heavy atom. The van der Waals surface area contributed by atoms with E-state index >= 15 is 0 Å². The SMILES string of the molecule is Cc1ccc(-c2ccn3c(-c4cccc(NC(=O)NCC(F)(F)F)c4)cnc3c2)nc1.O=CO. The molecule has 3 N–H and O–H groups in total. The summed E-state index contributed by atoms with van der Waals surface area (Å²) in [5.41, 5.74) is 5.47. The van der Waals surface area contributed by atoms with Gasteiger partial charge in [0.05, 0.1) is 17.6 Å². The van der Waals surface area contributed by atoms with Crippen molar-refractivity contribution < 1.29 is 27.9 Å². The zero-order valence-corrected chi connectivity index (χ0v) is 17.9. The van der Waals surface area contributed by atoms with Crippen LogP contribution in [-0.4, -0.2) is 44.7 Å². The number of hydrogen-bond donors (Lipinski definition) is 3. The molecule has 0 fully saturated rings. The van der Waals surface area contributed by atoms with Crippen LogP contribution in [0.15, 0.2) is 67.1 Å². The Morgan fingerprint density at radius 2 is 1.85 bits per heavy atom. The van der Waals surface area contributed by atoms with Crippen molar-refractivity contribution >= 4 is 23.8 Å². The predicted octanol–water partition coefficient (Wildman–Crippen LogP) is 4.76. The minimum atomic E-state index is -4.47. The molecule has 4 aromatic rings. The summed E-state index contributed by atoms with van der Waals surface area (Å²) in [7, 11) is 0. The normalized spacial score (nSPS) is 10.8. The Bertz CT molecular complexity index is 1290. The third kappa shape index (κ3) is 6.31. The molecule has 1 aromatic carbocycles. The van der Waals surface area contributed by atoms with Gasteiger partial charge < -0.3 is 15.7 Å².